The lowest BCUT2D eigenvalue weighted by atomic mass is 10.3. The molecule has 8 heteroatoms. The first-order valence-corrected chi connectivity index (χ1v) is 20.9. The number of hydrogen-bond donors (Lipinski definition) is 0. The normalized spacial score (nSPS) is 16.2. The van der Waals surface area contributed by atoms with E-state index in [0.717, 1.165) is 25.4 Å². The van der Waals surface area contributed by atoms with Crippen molar-refractivity contribution in [1.29, 1.82) is 0 Å². The molecule has 0 aliphatic heterocycles. The van der Waals surface area contributed by atoms with E-state index >= 15 is 0 Å². The van der Waals surface area contributed by atoms with Gasteiger partial charge in [-0.3, -0.25) is 4.79 Å². The maximum absolute atomic E-state index is 13.2. The smallest absolute Gasteiger partial charge is 0.335 e. The molecule has 192 valence electrons. The number of nitrogens with zero attached hydrogens (tertiary/aromatic N) is 1. The van der Waals surface area contributed by atoms with Crippen molar-refractivity contribution < 1.29 is 18.1 Å². The minimum absolute atomic E-state index is 0.0316. The van der Waals surface area contributed by atoms with E-state index in [-0.39, 0.29) is 12.1 Å². The highest BCUT2D eigenvalue weighted by atomic mass is 28.4. The Hall–Kier alpha value is 0.000649. The third kappa shape index (κ3) is 9.70. The molecule has 0 saturated carbocycles. The van der Waals surface area contributed by atoms with Crippen molar-refractivity contribution in [3.63, 3.8) is 0 Å². The molecular weight excluding hydrogens is 451 g/mol. The summed E-state index contributed by atoms with van der Waals surface area (Å²) in [5.41, 5.74) is 1.21. The fourth-order valence-corrected chi connectivity index (χ4v) is 14.3. The van der Waals surface area contributed by atoms with Gasteiger partial charge in [0.25, 0.3) is 8.32 Å². The highest BCUT2D eigenvalue weighted by Gasteiger charge is 2.48. The van der Waals surface area contributed by atoms with Gasteiger partial charge >= 0.3 is 14.5 Å². The van der Waals surface area contributed by atoms with Crippen LogP contribution in [-0.2, 0) is 18.1 Å². The van der Waals surface area contributed by atoms with Gasteiger partial charge in [0, 0.05) is 12.7 Å². The van der Waals surface area contributed by atoms with Crippen LogP contribution < -0.4 is 0 Å². The van der Waals surface area contributed by atoms with E-state index in [1.54, 1.807) is 0 Å². The van der Waals surface area contributed by atoms with Crippen molar-refractivity contribution in [2.45, 2.75) is 130 Å². The molecule has 0 aromatic carbocycles. The summed E-state index contributed by atoms with van der Waals surface area (Å²) in [6, 6.07) is 0.948. The second kappa shape index (κ2) is 13.8. The molecule has 0 rings (SSSR count). The number of rotatable bonds is 16. The lowest BCUT2D eigenvalue weighted by molar-refractivity contribution is -0.136. The molecule has 0 heterocycles. The van der Waals surface area contributed by atoms with Gasteiger partial charge < -0.3 is 17.8 Å². The van der Waals surface area contributed by atoms with E-state index in [4.69, 9.17) is 13.3 Å². The Balaban J connectivity index is 5.32. The zero-order valence-corrected chi connectivity index (χ0v) is 26.6. The average Bonchev–Trinajstić information content (AvgIpc) is 2.63. The summed E-state index contributed by atoms with van der Waals surface area (Å²) in [5, 5.41) is 0. The standard InChI is InChI=1S/C24H55NO4Si3/c1-14-23(9)28-31(13,27-15-2)18-16-17-25(30(10,11)12)19-24(26)29-32(20(3)4,21(5)6)22(7)8/h20-23H,14-19H2,1-13H3. The molecule has 0 radical (unpaired) electrons. The molecule has 2 atom stereocenters. The van der Waals surface area contributed by atoms with Crippen LogP contribution in [0.2, 0.25) is 48.9 Å². The first-order valence-electron chi connectivity index (χ1n) is 12.8. The lowest BCUT2D eigenvalue weighted by Crippen LogP contribution is -2.54. The predicted octanol–water partition coefficient (Wildman–Crippen LogP) is 7.16. The molecule has 0 saturated heterocycles. The number of hydrogen-bond acceptors (Lipinski definition) is 5. The molecule has 0 N–H and O–H groups in total. The molecule has 0 bridgehead atoms. The first kappa shape index (κ1) is 32.0. The van der Waals surface area contributed by atoms with Crippen molar-refractivity contribution in [3.05, 3.63) is 0 Å². The highest BCUT2D eigenvalue weighted by Crippen LogP contribution is 2.42. The van der Waals surface area contributed by atoms with Crippen molar-refractivity contribution in [2.75, 3.05) is 19.7 Å². The minimum atomic E-state index is -2.21. The third-order valence-corrected chi connectivity index (χ3v) is 18.1. The SMILES string of the molecule is CCO[Si](C)(CCCN(CC(=O)O[Si](C(C)C)(C(C)C)C(C)C)[Si](C)(C)C)OC(C)CC. The Labute approximate surface area is 203 Å². The topological polar surface area (TPSA) is 48.0 Å². The van der Waals surface area contributed by atoms with E-state index in [9.17, 15) is 4.79 Å². The van der Waals surface area contributed by atoms with Gasteiger partial charge in [-0.1, -0.05) is 68.1 Å². The molecular formula is C24H55NO4Si3. The van der Waals surface area contributed by atoms with Crippen LogP contribution >= 0.6 is 0 Å². The van der Waals surface area contributed by atoms with Crippen LogP contribution in [-0.4, -0.2) is 61.4 Å². The summed E-state index contributed by atoms with van der Waals surface area (Å²) < 4.78 is 21.3. The van der Waals surface area contributed by atoms with Gasteiger partial charge in [0.1, 0.15) is 8.24 Å². The molecule has 0 aromatic rings. The molecule has 0 aromatic heterocycles. The Morgan fingerprint density at radius 2 is 1.38 bits per heavy atom. The zero-order chi connectivity index (χ0) is 25.3. The fourth-order valence-electron chi connectivity index (χ4n) is 4.96. The average molecular weight is 506 g/mol. The van der Waals surface area contributed by atoms with Crippen LogP contribution in [0, 0.1) is 0 Å². The summed E-state index contributed by atoms with van der Waals surface area (Å²) in [5.74, 6) is -0.0316. The summed E-state index contributed by atoms with van der Waals surface area (Å²) in [6.45, 7) is 30.8. The number of carbonyl (C=O) groups excluding carboxylic acids is 1. The van der Waals surface area contributed by atoms with Gasteiger partial charge in [0.2, 0.25) is 0 Å². The Bertz CT molecular complexity index is 530. The molecule has 0 aliphatic rings. The molecule has 0 aliphatic carbocycles. The van der Waals surface area contributed by atoms with Crippen molar-refractivity contribution >= 4 is 31.1 Å². The third-order valence-electron chi connectivity index (χ3n) is 6.80. The maximum atomic E-state index is 13.2. The lowest BCUT2D eigenvalue weighted by Gasteiger charge is -2.42. The molecule has 0 amide bonds. The number of carbonyl (C=O) groups is 1. The summed E-state index contributed by atoms with van der Waals surface area (Å²) >= 11 is 0. The summed E-state index contributed by atoms with van der Waals surface area (Å²) in [7, 11) is -6.09. The molecule has 2 unspecified atom stereocenters. The van der Waals surface area contributed by atoms with Crippen LogP contribution in [0.15, 0.2) is 0 Å². The fraction of sp³-hybridized carbons (Fsp3) is 0.958. The van der Waals surface area contributed by atoms with Crippen LogP contribution in [0.1, 0.15) is 75.2 Å². The van der Waals surface area contributed by atoms with Crippen LogP contribution in [0.3, 0.4) is 0 Å². The van der Waals surface area contributed by atoms with Gasteiger partial charge in [-0.2, -0.15) is 0 Å². The molecule has 32 heavy (non-hydrogen) atoms. The molecule has 5 nitrogen and oxygen atoms in total. The maximum Gasteiger partial charge on any atom is 0.335 e. The monoisotopic (exact) mass is 505 g/mol. The van der Waals surface area contributed by atoms with Crippen LogP contribution in [0.4, 0.5) is 0 Å². The van der Waals surface area contributed by atoms with E-state index in [1.165, 1.54) is 0 Å². The van der Waals surface area contributed by atoms with Crippen LogP contribution in [0.25, 0.3) is 0 Å². The van der Waals surface area contributed by atoms with Gasteiger partial charge in [-0.05, 0) is 62.4 Å². The van der Waals surface area contributed by atoms with Crippen LogP contribution in [0.5, 0.6) is 0 Å². The quantitative estimate of drug-likeness (QED) is 0.208. The van der Waals surface area contributed by atoms with Gasteiger partial charge in [0.15, 0.2) is 0 Å². The second-order valence-corrected chi connectivity index (χ2v) is 25.0. The first-order chi connectivity index (χ1) is 14.6. The molecule has 0 fully saturated rings. The Kier molecular flexibility index (Phi) is 13.8. The Morgan fingerprint density at radius 1 is 0.875 bits per heavy atom. The van der Waals surface area contributed by atoms with E-state index in [2.05, 4.69) is 86.1 Å². The van der Waals surface area contributed by atoms with E-state index in [0.29, 0.717) is 29.8 Å². The van der Waals surface area contributed by atoms with E-state index in [1.807, 2.05) is 6.92 Å². The van der Waals surface area contributed by atoms with E-state index < -0.39 is 25.1 Å². The van der Waals surface area contributed by atoms with Crippen molar-refractivity contribution in [3.8, 4) is 0 Å². The predicted molar refractivity (Wildman–Crippen MR) is 146 cm³/mol. The second-order valence-electron chi connectivity index (χ2n) is 11.4. The summed E-state index contributed by atoms with van der Waals surface area (Å²) in [4.78, 5) is 13.2. The highest BCUT2D eigenvalue weighted by molar-refractivity contribution is 6.79. The van der Waals surface area contributed by atoms with Crippen molar-refractivity contribution in [1.82, 2.24) is 4.57 Å². The molecule has 0 spiro atoms. The van der Waals surface area contributed by atoms with Gasteiger partial charge in [0.05, 0.1) is 6.54 Å². The Morgan fingerprint density at radius 3 is 1.75 bits per heavy atom. The van der Waals surface area contributed by atoms with Crippen molar-refractivity contribution in [2.24, 2.45) is 0 Å². The van der Waals surface area contributed by atoms with Gasteiger partial charge in [-0.25, -0.2) is 0 Å². The zero-order valence-electron chi connectivity index (χ0n) is 23.6. The largest absolute Gasteiger partial charge is 0.517 e. The minimum Gasteiger partial charge on any atom is -0.517 e. The van der Waals surface area contributed by atoms with Gasteiger partial charge in [-0.15, -0.1) is 0 Å². The summed E-state index contributed by atoms with van der Waals surface area (Å²) in [6.07, 6.45) is 2.20.